The van der Waals surface area contributed by atoms with E-state index in [4.69, 9.17) is 17.3 Å². The second-order valence-electron chi connectivity index (χ2n) is 8.02. The summed E-state index contributed by atoms with van der Waals surface area (Å²) in [6, 6.07) is 22.7. The number of hydrogen-bond donors (Lipinski definition) is 4. The molecule has 5 aromatic rings. The monoisotopic (exact) mass is 512 g/mol. The van der Waals surface area contributed by atoms with Crippen LogP contribution in [0, 0.1) is 0 Å². The first-order valence-corrected chi connectivity index (χ1v) is 11.6. The van der Waals surface area contributed by atoms with E-state index in [1.807, 2.05) is 30.3 Å². The average molecular weight is 513 g/mol. The molecule has 3 heterocycles. The Morgan fingerprint density at radius 2 is 1.81 bits per heavy atom. The number of rotatable bonds is 7. The fourth-order valence-electron chi connectivity index (χ4n) is 3.65. The second kappa shape index (κ2) is 10.3. The fourth-order valence-corrected chi connectivity index (χ4v) is 3.85. The van der Waals surface area contributed by atoms with Crippen molar-refractivity contribution in [2.45, 2.75) is 6.54 Å². The summed E-state index contributed by atoms with van der Waals surface area (Å²) < 4.78 is 1.49. The number of halogens is 1. The molecule has 184 valence electrons. The molecule has 11 heteroatoms. The van der Waals surface area contributed by atoms with Crippen LogP contribution in [0.25, 0.3) is 16.9 Å². The number of H-pyrrole nitrogens is 1. The van der Waals surface area contributed by atoms with Crippen molar-refractivity contribution in [2.75, 3.05) is 11.1 Å². The van der Waals surface area contributed by atoms with Gasteiger partial charge in [-0.25, -0.2) is 9.67 Å². The highest BCUT2D eigenvalue weighted by Gasteiger charge is 2.20. The normalized spacial score (nSPS) is 10.7. The van der Waals surface area contributed by atoms with Crippen LogP contribution in [-0.4, -0.2) is 36.8 Å². The number of para-hydroxylation sites is 1. The van der Waals surface area contributed by atoms with Crippen molar-refractivity contribution in [1.82, 2.24) is 30.3 Å². The van der Waals surface area contributed by atoms with Gasteiger partial charge in [-0.2, -0.15) is 10.2 Å². The third-order valence-electron chi connectivity index (χ3n) is 5.46. The van der Waals surface area contributed by atoms with Crippen LogP contribution in [0.5, 0.6) is 0 Å². The number of hydrogen-bond acceptors (Lipinski definition) is 6. The van der Waals surface area contributed by atoms with Crippen LogP contribution in [0.15, 0.2) is 85.1 Å². The molecule has 0 aliphatic heterocycles. The molecule has 0 radical (unpaired) electrons. The van der Waals surface area contributed by atoms with Gasteiger partial charge in [-0.3, -0.25) is 14.7 Å². The van der Waals surface area contributed by atoms with Crippen LogP contribution >= 0.6 is 11.6 Å². The smallest absolute Gasteiger partial charge is 0.272 e. The van der Waals surface area contributed by atoms with Crippen LogP contribution in [-0.2, 0) is 6.54 Å². The number of carbonyl (C=O) groups excluding carboxylic acids is 2. The van der Waals surface area contributed by atoms with E-state index in [1.54, 1.807) is 48.7 Å². The Labute approximate surface area is 216 Å². The van der Waals surface area contributed by atoms with Gasteiger partial charge in [-0.15, -0.1) is 0 Å². The SMILES string of the molecule is Nc1cccc(-c2ccc(Cl)c(C(=O)Nc3cc(C(=O)NCc4ccn[nH]4)nn3-c3ccccc3)c2)n1. The maximum atomic E-state index is 13.3. The lowest BCUT2D eigenvalue weighted by molar-refractivity contribution is 0.0944. The molecule has 5 N–H and O–H groups in total. The second-order valence-corrected chi connectivity index (χ2v) is 8.43. The first kappa shape index (κ1) is 23.8. The number of nitrogens with zero attached hydrogens (tertiary/aromatic N) is 4. The van der Waals surface area contributed by atoms with E-state index in [9.17, 15) is 9.59 Å². The van der Waals surface area contributed by atoms with Crippen LogP contribution < -0.4 is 16.4 Å². The van der Waals surface area contributed by atoms with E-state index < -0.39 is 11.8 Å². The van der Waals surface area contributed by atoms with Gasteiger partial charge in [0.15, 0.2) is 5.69 Å². The fraction of sp³-hybridized carbons (Fsp3) is 0.0385. The number of nitrogen functional groups attached to an aromatic ring is 1. The Hall–Kier alpha value is -4.96. The van der Waals surface area contributed by atoms with E-state index in [-0.39, 0.29) is 22.8 Å². The molecule has 0 saturated carbocycles. The van der Waals surface area contributed by atoms with E-state index >= 15 is 0 Å². The molecule has 3 aromatic heterocycles. The van der Waals surface area contributed by atoms with Crippen molar-refractivity contribution in [3.05, 3.63) is 107 Å². The highest BCUT2D eigenvalue weighted by Crippen LogP contribution is 2.26. The average Bonchev–Trinajstić information content (AvgIpc) is 3.58. The van der Waals surface area contributed by atoms with Gasteiger partial charge in [-0.05, 0) is 42.5 Å². The number of benzene rings is 2. The third-order valence-corrected chi connectivity index (χ3v) is 5.79. The molecule has 37 heavy (non-hydrogen) atoms. The summed E-state index contributed by atoms with van der Waals surface area (Å²) >= 11 is 6.38. The minimum atomic E-state index is -0.475. The first-order chi connectivity index (χ1) is 18.0. The summed E-state index contributed by atoms with van der Waals surface area (Å²) in [5.74, 6) is -0.222. The summed E-state index contributed by atoms with van der Waals surface area (Å²) in [5, 5.41) is 17.0. The van der Waals surface area contributed by atoms with E-state index in [1.165, 1.54) is 10.7 Å². The number of anilines is 2. The summed E-state index contributed by atoms with van der Waals surface area (Å²) in [6.07, 6.45) is 1.60. The molecule has 2 aromatic carbocycles. The molecule has 0 spiro atoms. The molecule has 5 rings (SSSR count). The zero-order chi connectivity index (χ0) is 25.8. The van der Waals surface area contributed by atoms with Crippen LogP contribution in [0.2, 0.25) is 5.02 Å². The summed E-state index contributed by atoms with van der Waals surface area (Å²) in [6.45, 7) is 0.249. The van der Waals surface area contributed by atoms with Crippen LogP contribution in [0.3, 0.4) is 0 Å². The lowest BCUT2D eigenvalue weighted by atomic mass is 10.1. The Morgan fingerprint density at radius 1 is 0.973 bits per heavy atom. The minimum absolute atomic E-state index is 0.127. The lowest BCUT2D eigenvalue weighted by Crippen LogP contribution is -2.23. The number of aromatic nitrogens is 5. The highest BCUT2D eigenvalue weighted by atomic mass is 35.5. The minimum Gasteiger partial charge on any atom is -0.384 e. The zero-order valence-electron chi connectivity index (χ0n) is 19.4. The number of aromatic amines is 1. The molecule has 0 atom stereocenters. The number of nitrogens with two attached hydrogens (primary N) is 1. The highest BCUT2D eigenvalue weighted by molar-refractivity contribution is 6.34. The molecule has 0 fully saturated rings. The van der Waals surface area contributed by atoms with Gasteiger partial charge in [0.1, 0.15) is 11.6 Å². The predicted octanol–water partition coefficient (Wildman–Crippen LogP) is 4.08. The Morgan fingerprint density at radius 3 is 2.57 bits per heavy atom. The largest absolute Gasteiger partial charge is 0.384 e. The molecule has 10 nitrogen and oxygen atoms in total. The standard InChI is InChI=1S/C26H21ClN8O2/c27-20-10-9-16(21-7-4-8-23(28)31-21)13-19(20)25(36)32-24-14-22(26(37)29-15-17-11-12-30-33-17)34-35(24)18-5-2-1-3-6-18/h1-14H,15H2,(H2,28,31)(H,29,37)(H,30,33)(H,32,36). The van der Waals surface area contributed by atoms with Gasteiger partial charge >= 0.3 is 0 Å². The van der Waals surface area contributed by atoms with Gasteiger partial charge in [-0.1, -0.05) is 41.9 Å². The quantitative estimate of drug-likeness (QED) is 0.259. The van der Waals surface area contributed by atoms with Gasteiger partial charge in [0.2, 0.25) is 0 Å². The molecule has 2 amide bonds. The number of amides is 2. The van der Waals surface area contributed by atoms with Crippen molar-refractivity contribution in [3.8, 4) is 16.9 Å². The van der Waals surface area contributed by atoms with E-state index in [0.29, 0.717) is 28.6 Å². The van der Waals surface area contributed by atoms with Crippen LogP contribution in [0.1, 0.15) is 26.5 Å². The van der Waals surface area contributed by atoms with Gasteiger partial charge in [0.05, 0.1) is 34.2 Å². The maximum absolute atomic E-state index is 13.3. The molecule has 0 unspecified atom stereocenters. The molecule has 0 saturated heterocycles. The van der Waals surface area contributed by atoms with Gasteiger partial charge < -0.3 is 16.4 Å². The Bertz CT molecular complexity index is 1570. The molecule has 0 aliphatic carbocycles. The Balaban J connectivity index is 1.44. The van der Waals surface area contributed by atoms with Crippen molar-refractivity contribution in [1.29, 1.82) is 0 Å². The summed E-state index contributed by atoms with van der Waals surface area (Å²) in [5.41, 5.74) is 8.86. The van der Waals surface area contributed by atoms with E-state index in [0.717, 1.165) is 5.69 Å². The number of pyridine rings is 1. The van der Waals surface area contributed by atoms with Crippen molar-refractivity contribution in [3.63, 3.8) is 0 Å². The lowest BCUT2D eigenvalue weighted by Gasteiger charge is -2.11. The topological polar surface area (TPSA) is 144 Å². The zero-order valence-corrected chi connectivity index (χ0v) is 20.1. The number of nitrogens with one attached hydrogen (secondary N) is 3. The predicted molar refractivity (Wildman–Crippen MR) is 140 cm³/mol. The van der Waals surface area contributed by atoms with Crippen molar-refractivity contribution in [2.24, 2.45) is 0 Å². The van der Waals surface area contributed by atoms with Crippen LogP contribution in [0.4, 0.5) is 11.6 Å². The van der Waals surface area contributed by atoms with Crippen molar-refractivity contribution >= 4 is 35.1 Å². The van der Waals surface area contributed by atoms with Gasteiger partial charge in [0.25, 0.3) is 11.8 Å². The molecule has 0 aliphatic rings. The Kier molecular flexibility index (Phi) is 6.64. The van der Waals surface area contributed by atoms with E-state index in [2.05, 4.69) is 30.9 Å². The van der Waals surface area contributed by atoms with Crippen molar-refractivity contribution < 1.29 is 9.59 Å². The number of carbonyl (C=O) groups is 2. The molecular formula is C26H21ClN8O2. The maximum Gasteiger partial charge on any atom is 0.272 e. The molecular weight excluding hydrogens is 492 g/mol. The first-order valence-electron chi connectivity index (χ1n) is 11.2. The summed E-state index contributed by atoms with van der Waals surface area (Å²) in [4.78, 5) is 30.4. The third kappa shape index (κ3) is 5.34. The molecule has 0 bridgehead atoms. The van der Waals surface area contributed by atoms with Gasteiger partial charge in [0, 0.05) is 17.8 Å². The summed E-state index contributed by atoms with van der Waals surface area (Å²) in [7, 11) is 0.